The smallest absolute Gasteiger partial charge is 0.330 e. The van der Waals surface area contributed by atoms with Crippen molar-refractivity contribution in [1.29, 1.82) is 0 Å². The lowest BCUT2D eigenvalue weighted by Crippen LogP contribution is -2.32. The van der Waals surface area contributed by atoms with Crippen molar-refractivity contribution < 1.29 is 17.9 Å². The van der Waals surface area contributed by atoms with Gasteiger partial charge < -0.3 is 9.47 Å². The summed E-state index contributed by atoms with van der Waals surface area (Å²) in [5, 5.41) is 0. The van der Waals surface area contributed by atoms with Crippen LogP contribution in [0.15, 0.2) is 76.4 Å². The molecule has 0 radical (unpaired) electrons. The lowest BCUT2D eigenvalue weighted by molar-refractivity contribution is 0.0744. The minimum atomic E-state index is -3.65. The first-order valence-electron chi connectivity index (χ1n) is 11.5. The normalized spacial score (nSPS) is 14.5. The molecule has 10 heteroatoms. The molecule has 0 spiro atoms. The number of hydrogen-bond donors (Lipinski definition) is 2. The molecule has 1 aliphatic rings. The van der Waals surface area contributed by atoms with Crippen molar-refractivity contribution in [2.24, 2.45) is 5.92 Å². The average molecular weight is 500 g/mol. The molecule has 9 nitrogen and oxygen atoms in total. The van der Waals surface area contributed by atoms with E-state index in [2.05, 4.69) is 9.71 Å². The summed E-state index contributed by atoms with van der Waals surface area (Å²) in [4.78, 5) is 24.9. The molecule has 1 atom stereocenters. The van der Waals surface area contributed by atoms with Crippen molar-refractivity contribution in [1.82, 2.24) is 14.3 Å². The average Bonchev–Trinajstić information content (AvgIpc) is 3.68. The van der Waals surface area contributed by atoms with Crippen LogP contribution in [0.2, 0.25) is 0 Å². The van der Waals surface area contributed by atoms with Gasteiger partial charge in [-0.25, -0.2) is 17.9 Å². The van der Waals surface area contributed by atoms with E-state index in [1.165, 1.54) is 29.7 Å². The predicted octanol–water partition coefficient (Wildman–Crippen LogP) is 2.40. The summed E-state index contributed by atoms with van der Waals surface area (Å²) in [5.41, 5.74) is 0.545. The van der Waals surface area contributed by atoms with E-state index in [4.69, 9.17) is 9.47 Å². The molecule has 4 rings (SSSR count). The van der Waals surface area contributed by atoms with Crippen molar-refractivity contribution in [3.05, 3.63) is 98.8 Å². The summed E-state index contributed by atoms with van der Waals surface area (Å²) < 4.78 is 41.2. The summed E-state index contributed by atoms with van der Waals surface area (Å²) in [6.07, 6.45) is 3.95. The van der Waals surface area contributed by atoms with Crippen LogP contribution in [0, 0.1) is 5.92 Å². The fourth-order valence-electron chi connectivity index (χ4n) is 3.55. The second-order valence-corrected chi connectivity index (χ2v) is 10.5. The quantitative estimate of drug-likeness (QED) is 0.349. The number of nitrogens with zero attached hydrogens (tertiary/aromatic N) is 1. The fourth-order valence-corrected chi connectivity index (χ4v) is 4.80. The maximum Gasteiger partial charge on any atom is 0.330 e. The summed E-state index contributed by atoms with van der Waals surface area (Å²) in [7, 11) is -3.65. The van der Waals surface area contributed by atoms with Gasteiger partial charge in [0.15, 0.2) is 0 Å². The monoisotopic (exact) mass is 499 g/mol. The van der Waals surface area contributed by atoms with Gasteiger partial charge in [-0.15, -0.1) is 0 Å². The molecular weight excluding hydrogens is 470 g/mol. The van der Waals surface area contributed by atoms with Crippen LogP contribution >= 0.6 is 0 Å². The van der Waals surface area contributed by atoms with Crippen LogP contribution in [0.25, 0.3) is 0 Å². The van der Waals surface area contributed by atoms with Gasteiger partial charge in [0.25, 0.3) is 5.56 Å². The van der Waals surface area contributed by atoms with E-state index in [9.17, 15) is 18.0 Å². The molecule has 35 heavy (non-hydrogen) atoms. The van der Waals surface area contributed by atoms with E-state index in [-0.39, 0.29) is 25.5 Å². The van der Waals surface area contributed by atoms with Crippen molar-refractivity contribution in [3.63, 3.8) is 0 Å². The predicted molar refractivity (Wildman–Crippen MR) is 132 cm³/mol. The number of aromatic nitrogens is 2. The first kappa shape index (κ1) is 24.9. The van der Waals surface area contributed by atoms with Gasteiger partial charge in [0.2, 0.25) is 10.0 Å². The maximum absolute atomic E-state index is 12.9. The molecule has 3 aromatic rings. The van der Waals surface area contributed by atoms with E-state index < -0.39 is 27.3 Å². The minimum absolute atomic E-state index is 0.0800. The van der Waals surface area contributed by atoms with Crippen molar-refractivity contribution >= 4 is 10.0 Å². The summed E-state index contributed by atoms with van der Waals surface area (Å²) in [6.45, 7) is 0.729. The van der Waals surface area contributed by atoms with Gasteiger partial charge >= 0.3 is 5.69 Å². The first-order valence-corrected chi connectivity index (χ1v) is 13.2. The maximum atomic E-state index is 12.9. The Balaban J connectivity index is 1.37. The highest BCUT2D eigenvalue weighted by Gasteiger charge is 2.23. The van der Waals surface area contributed by atoms with Gasteiger partial charge in [0.1, 0.15) is 12.5 Å². The summed E-state index contributed by atoms with van der Waals surface area (Å²) in [6, 6.07) is 17.6. The molecule has 0 saturated heterocycles. The molecule has 186 valence electrons. The first-order chi connectivity index (χ1) is 16.9. The van der Waals surface area contributed by atoms with Crippen molar-refractivity contribution in [3.8, 4) is 5.75 Å². The van der Waals surface area contributed by atoms with Gasteiger partial charge in [0, 0.05) is 18.9 Å². The lowest BCUT2D eigenvalue weighted by Gasteiger charge is -2.21. The molecule has 0 amide bonds. The molecular formula is C25H29N3O6S. The van der Waals surface area contributed by atoms with Crippen LogP contribution in [0.3, 0.4) is 0 Å². The molecule has 1 aliphatic carbocycles. The Morgan fingerprint density at radius 1 is 1.03 bits per heavy atom. The van der Waals surface area contributed by atoms with Crippen LogP contribution in [0.4, 0.5) is 0 Å². The zero-order chi connectivity index (χ0) is 24.7. The van der Waals surface area contributed by atoms with E-state index in [1.54, 1.807) is 0 Å². The summed E-state index contributed by atoms with van der Waals surface area (Å²) in [5.74, 6) is 1.20. The Kier molecular flexibility index (Phi) is 8.17. The topological polar surface area (TPSA) is 119 Å². The molecule has 1 unspecified atom stereocenters. The fraction of sp³-hybridized carbons (Fsp3) is 0.360. The lowest BCUT2D eigenvalue weighted by atomic mass is 9.99. The number of nitrogens with one attached hydrogen (secondary N) is 2. The second-order valence-electron chi connectivity index (χ2n) is 8.58. The Morgan fingerprint density at radius 3 is 2.54 bits per heavy atom. The SMILES string of the molecule is O=c1ccn(COCCCS(=O)(=O)NC(c2ccccc2)c2cccc(OCC3CC3)c2)c(=O)[nH]1. The van der Waals surface area contributed by atoms with Crippen LogP contribution in [-0.2, 0) is 21.5 Å². The molecule has 2 N–H and O–H groups in total. The van der Waals surface area contributed by atoms with E-state index >= 15 is 0 Å². The minimum Gasteiger partial charge on any atom is -0.493 e. The molecule has 2 aromatic carbocycles. The largest absolute Gasteiger partial charge is 0.493 e. The molecule has 1 fully saturated rings. The molecule has 0 aliphatic heterocycles. The Bertz CT molecular complexity index is 1330. The Labute approximate surface area is 203 Å². The number of H-pyrrole nitrogens is 1. The highest BCUT2D eigenvalue weighted by Crippen LogP contribution is 2.31. The third kappa shape index (κ3) is 7.64. The zero-order valence-corrected chi connectivity index (χ0v) is 20.1. The van der Waals surface area contributed by atoms with Gasteiger partial charge in [0.05, 0.1) is 18.4 Å². The molecule has 1 heterocycles. The number of benzene rings is 2. The van der Waals surface area contributed by atoms with Crippen LogP contribution in [0.5, 0.6) is 5.75 Å². The standard InChI is InChI=1S/C25H29N3O6S/c29-23-12-13-28(25(30)26-23)18-33-14-5-15-35(31,32)27-24(20-6-2-1-3-7-20)21-8-4-9-22(16-21)34-17-19-10-11-19/h1-4,6-9,12-13,16,19,24,27H,5,10-11,14-15,17-18H2,(H,26,29,30). The van der Waals surface area contributed by atoms with E-state index in [0.717, 1.165) is 16.9 Å². The molecule has 0 bridgehead atoms. The van der Waals surface area contributed by atoms with Gasteiger partial charge in [-0.05, 0) is 48.4 Å². The van der Waals surface area contributed by atoms with E-state index in [0.29, 0.717) is 12.5 Å². The van der Waals surface area contributed by atoms with Crippen LogP contribution in [-0.4, -0.2) is 36.9 Å². The Morgan fingerprint density at radius 2 is 1.80 bits per heavy atom. The molecule has 1 saturated carbocycles. The number of aromatic amines is 1. The second kappa shape index (κ2) is 11.5. The number of sulfonamides is 1. The van der Waals surface area contributed by atoms with Crippen molar-refractivity contribution in [2.45, 2.75) is 32.0 Å². The number of hydrogen-bond acceptors (Lipinski definition) is 6. The van der Waals surface area contributed by atoms with E-state index in [1.807, 2.05) is 54.6 Å². The zero-order valence-electron chi connectivity index (χ0n) is 19.3. The van der Waals surface area contributed by atoms with Gasteiger partial charge in [-0.1, -0.05) is 42.5 Å². The number of rotatable bonds is 13. The van der Waals surface area contributed by atoms with Crippen LogP contribution in [0.1, 0.15) is 36.4 Å². The van der Waals surface area contributed by atoms with Crippen molar-refractivity contribution in [2.75, 3.05) is 19.0 Å². The van der Waals surface area contributed by atoms with Crippen LogP contribution < -0.4 is 20.7 Å². The van der Waals surface area contributed by atoms with Gasteiger partial charge in [-0.3, -0.25) is 14.3 Å². The highest BCUT2D eigenvalue weighted by molar-refractivity contribution is 7.89. The Hall–Kier alpha value is -3.21. The third-order valence-electron chi connectivity index (χ3n) is 5.63. The molecule has 1 aromatic heterocycles. The summed E-state index contributed by atoms with van der Waals surface area (Å²) >= 11 is 0. The third-order valence-corrected chi connectivity index (χ3v) is 7.05. The highest BCUT2D eigenvalue weighted by atomic mass is 32.2. The number of ether oxygens (including phenoxy) is 2. The van der Waals surface area contributed by atoms with Gasteiger partial charge in [-0.2, -0.15) is 0 Å².